The van der Waals surface area contributed by atoms with Gasteiger partial charge in [-0.2, -0.15) is 0 Å². The minimum atomic E-state index is -0.450. The summed E-state index contributed by atoms with van der Waals surface area (Å²) in [4.78, 5) is 28.0. The van der Waals surface area contributed by atoms with Crippen molar-refractivity contribution < 1.29 is 33.4 Å². The third-order valence-electron chi connectivity index (χ3n) is 4.21. The summed E-state index contributed by atoms with van der Waals surface area (Å²) in [5.74, 6) is -0.119. The number of carbonyl (C=O) groups excluding carboxylic acids is 2. The van der Waals surface area contributed by atoms with Crippen molar-refractivity contribution in [3.05, 3.63) is 11.8 Å². The highest BCUT2D eigenvalue weighted by Gasteiger charge is 2.14. The highest BCUT2D eigenvalue weighted by atomic mass is 16.7. The van der Waals surface area contributed by atoms with E-state index in [9.17, 15) is 9.59 Å². The van der Waals surface area contributed by atoms with Gasteiger partial charge in [-0.1, -0.05) is 19.9 Å². The first kappa shape index (κ1) is 28.5. The molecule has 176 valence electrons. The Hall–Kier alpha value is -1.52. The normalized spacial score (nSPS) is 12.8. The summed E-state index contributed by atoms with van der Waals surface area (Å²) in [6.07, 6.45) is 2.95. The van der Waals surface area contributed by atoms with Crippen LogP contribution >= 0.6 is 0 Å². The number of ether oxygens (including phenoxy) is 4. The predicted molar refractivity (Wildman–Crippen MR) is 114 cm³/mol. The molecule has 0 heterocycles. The van der Waals surface area contributed by atoms with Crippen LogP contribution in [0.15, 0.2) is 11.8 Å². The molecule has 0 aromatic heterocycles. The van der Waals surface area contributed by atoms with Gasteiger partial charge in [-0.25, -0.2) is 0 Å². The molecule has 0 fully saturated rings. The van der Waals surface area contributed by atoms with E-state index in [1.807, 2.05) is 40.8 Å². The van der Waals surface area contributed by atoms with E-state index in [1.165, 1.54) is 0 Å². The van der Waals surface area contributed by atoms with Crippen LogP contribution in [0.3, 0.4) is 0 Å². The number of nitrogens with zero attached hydrogens (tertiary/aromatic N) is 1. The molecule has 0 saturated heterocycles. The molecule has 1 atom stereocenters. The molecule has 1 N–H and O–H groups in total. The number of allylic oxidation sites excluding steroid dienone is 2. The van der Waals surface area contributed by atoms with Gasteiger partial charge in [0.2, 0.25) is 5.91 Å². The Kier molecular flexibility index (Phi) is 18.5. The zero-order valence-corrected chi connectivity index (χ0v) is 19.2. The summed E-state index contributed by atoms with van der Waals surface area (Å²) < 4.78 is 21.6. The fraction of sp³-hybridized carbons (Fsp3) is 0.810. The van der Waals surface area contributed by atoms with Crippen LogP contribution in [0.2, 0.25) is 0 Å². The zero-order chi connectivity index (χ0) is 22.6. The Morgan fingerprint density at radius 2 is 1.37 bits per heavy atom. The van der Waals surface area contributed by atoms with Gasteiger partial charge in [0, 0.05) is 19.2 Å². The lowest BCUT2D eigenvalue weighted by molar-refractivity contribution is -0.128. The molecule has 0 aromatic carbocycles. The second-order valence-corrected chi connectivity index (χ2v) is 6.93. The lowest BCUT2D eigenvalue weighted by Crippen LogP contribution is -2.40. The van der Waals surface area contributed by atoms with Crippen molar-refractivity contribution in [3.63, 3.8) is 0 Å². The second kappa shape index (κ2) is 19.4. The van der Waals surface area contributed by atoms with Crippen molar-refractivity contribution in [2.75, 3.05) is 66.5 Å². The van der Waals surface area contributed by atoms with Gasteiger partial charge in [-0.15, -0.1) is 0 Å². The maximum Gasteiger partial charge on any atom is 0.222 e. The van der Waals surface area contributed by atoms with E-state index in [0.29, 0.717) is 59.5 Å². The molecule has 0 bridgehead atoms. The number of aldehydes is 1. The Bertz CT molecular complexity index is 472. The van der Waals surface area contributed by atoms with Crippen LogP contribution in [0.5, 0.6) is 0 Å². The fourth-order valence-corrected chi connectivity index (χ4v) is 2.06. The zero-order valence-electron chi connectivity index (χ0n) is 19.2. The molecule has 0 saturated carbocycles. The quantitative estimate of drug-likeness (QED) is 0.176. The summed E-state index contributed by atoms with van der Waals surface area (Å²) in [5, 5.41) is 4.38. The first-order valence-corrected chi connectivity index (χ1v) is 10.5. The highest BCUT2D eigenvalue weighted by Crippen LogP contribution is 2.00. The van der Waals surface area contributed by atoms with Crippen molar-refractivity contribution in [1.29, 1.82) is 0 Å². The van der Waals surface area contributed by atoms with Crippen molar-refractivity contribution in [2.24, 2.45) is 5.92 Å². The predicted octanol–water partition coefficient (Wildman–Crippen LogP) is 1.57. The van der Waals surface area contributed by atoms with Gasteiger partial charge in [0.25, 0.3) is 0 Å². The van der Waals surface area contributed by atoms with Gasteiger partial charge in [-0.3, -0.25) is 14.7 Å². The van der Waals surface area contributed by atoms with E-state index >= 15 is 0 Å². The van der Waals surface area contributed by atoms with Crippen molar-refractivity contribution in [1.82, 2.24) is 10.4 Å². The van der Waals surface area contributed by atoms with Crippen molar-refractivity contribution in [2.45, 2.75) is 40.2 Å². The van der Waals surface area contributed by atoms with E-state index in [4.69, 9.17) is 23.8 Å². The van der Waals surface area contributed by atoms with E-state index in [2.05, 4.69) is 5.32 Å². The summed E-state index contributed by atoms with van der Waals surface area (Å²) in [7, 11) is 1.86. The minimum absolute atomic E-state index is 0.0723. The van der Waals surface area contributed by atoms with E-state index in [-0.39, 0.29) is 18.2 Å². The largest absolute Gasteiger partial charge is 0.379 e. The molecule has 0 aliphatic carbocycles. The van der Waals surface area contributed by atoms with Crippen LogP contribution in [-0.2, 0) is 33.4 Å². The number of hydroxylamine groups is 2. The highest BCUT2D eigenvalue weighted by molar-refractivity contribution is 5.79. The maximum atomic E-state index is 11.7. The smallest absolute Gasteiger partial charge is 0.222 e. The molecule has 1 unspecified atom stereocenters. The third-order valence-corrected chi connectivity index (χ3v) is 4.21. The SMILES string of the molecule is CC=C(C)N(C)OCCOCCOCCOCCOCCC(=O)NC(C=O)C(C)C. The fourth-order valence-electron chi connectivity index (χ4n) is 2.06. The molecular formula is C21H40N2O7. The molecule has 1 amide bonds. The van der Waals surface area contributed by atoms with Crippen LogP contribution in [0.25, 0.3) is 0 Å². The first-order chi connectivity index (χ1) is 14.4. The lowest BCUT2D eigenvalue weighted by atomic mass is 10.1. The summed E-state index contributed by atoms with van der Waals surface area (Å²) in [6.45, 7) is 11.8. The summed E-state index contributed by atoms with van der Waals surface area (Å²) >= 11 is 0. The standard InChI is InChI=1S/C21H40N2O7/c1-6-19(4)23(5)30-16-15-29-14-13-28-12-11-27-10-9-26-8-7-21(25)22-20(17-24)18(2)3/h6,17-18,20H,7-16H2,1-5H3,(H,22,25). The molecule has 0 radical (unpaired) electrons. The second-order valence-electron chi connectivity index (χ2n) is 6.93. The van der Waals surface area contributed by atoms with Crippen LogP contribution in [0.1, 0.15) is 34.1 Å². The average Bonchev–Trinajstić information content (AvgIpc) is 2.73. The van der Waals surface area contributed by atoms with Gasteiger partial charge >= 0.3 is 0 Å². The van der Waals surface area contributed by atoms with Gasteiger partial charge < -0.3 is 29.1 Å². The van der Waals surface area contributed by atoms with E-state index in [0.717, 1.165) is 12.0 Å². The number of amides is 1. The lowest BCUT2D eigenvalue weighted by Gasteiger charge is -2.18. The Balaban J connectivity index is 3.33. The minimum Gasteiger partial charge on any atom is -0.379 e. The number of rotatable bonds is 20. The molecule has 9 heteroatoms. The topological polar surface area (TPSA) is 95.6 Å². The molecule has 9 nitrogen and oxygen atoms in total. The average molecular weight is 433 g/mol. The van der Waals surface area contributed by atoms with Crippen LogP contribution in [-0.4, -0.2) is 89.8 Å². The molecule has 0 aliphatic heterocycles. The van der Waals surface area contributed by atoms with E-state index in [1.54, 1.807) is 5.06 Å². The number of hydrogen-bond donors (Lipinski definition) is 1. The molecule has 0 spiro atoms. The van der Waals surface area contributed by atoms with Gasteiger partial charge in [-0.05, 0) is 19.8 Å². The molecule has 0 rings (SSSR count). The van der Waals surface area contributed by atoms with Crippen LogP contribution in [0.4, 0.5) is 0 Å². The first-order valence-electron chi connectivity index (χ1n) is 10.5. The van der Waals surface area contributed by atoms with Crippen LogP contribution < -0.4 is 5.32 Å². The van der Waals surface area contributed by atoms with Gasteiger partial charge in [0.1, 0.15) is 6.29 Å². The third kappa shape index (κ3) is 16.3. The van der Waals surface area contributed by atoms with Gasteiger partial charge in [0.15, 0.2) is 0 Å². The van der Waals surface area contributed by atoms with Crippen molar-refractivity contribution >= 4 is 12.2 Å². The summed E-state index contributed by atoms with van der Waals surface area (Å²) in [5.41, 5.74) is 1.05. The maximum absolute atomic E-state index is 11.7. The monoisotopic (exact) mass is 432 g/mol. The molecule has 30 heavy (non-hydrogen) atoms. The van der Waals surface area contributed by atoms with E-state index < -0.39 is 6.04 Å². The Morgan fingerprint density at radius 3 is 1.80 bits per heavy atom. The number of carbonyl (C=O) groups is 2. The Morgan fingerprint density at radius 1 is 0.900 bits per heavy atom. The number of hydrogen-bond acceptors (Lipinski definition) is 8. The molecule has 0 aliphatic rings. The van der Waals surface area contributed by atoms with Crippen molar-refractivity contribution in [3.8, 4) is 0 Å². The van der Waals surface area contributed by atoms with Gasteiger partial charge in [0.05, 0.1) is 65.5 Å². The molecule has 0 aromatic rings. The summed E-state index contributed by atoms with van der Waals surface area (Å²) in [6, 6.07) is -0.450. The molecular weight excluding hydrogens is 392 g/mol. The van der Waals surface area contributed by atoms with Crippen LogP contribution in [0, 0.1) is 5.92 Å². The Labute approximate surface area is 181 Å². The number of nitrogens with one attached hydrogen (secondary N) is 1.